The summed E-state index contributed by atoms with van der Waals surface area (Å²) in [5.41, 5.74) is 2.08. The van der Waals surface area contributed by atoms with Crippen molar-refractivity contribution in [2.75, 3.05) is 18.5 Å². The smallest absolute Gasteiger partial charge is 0.240 e. The van der Waals surface area contributed by atoms with Crippen LogP contribution in [0.5, 0.6) is 11.5 Å². The summed E-state index contributed by atoms with van der Waals surface area (Å²) in [6.45, 7) is 0.923. The van der Waals surface area contributed by atoms with Crippen LogP contribution >= 0.6 is 0 Å². The molecular weight excluding hydrogens is 440 g/mol. The molecule has 5 rings (SSSR count). The van der Waals surface area contributed by atoms with Gasteiger partial charge in [0.2, 0.25) is 15.9 Å². The van der Waals surface area contributed by atoms with E-state index in [9.17, 15) is 13.2 Å². The van der Waals surface area contributed by atoms with E-state index >= 15 is 0 Å². The maximum atomic E-state index is 13.3. The van der Waals surface area contributed by atoms with E-state index in [1.165, 1.54) is 12.1 Å². The van der Waals surface area contributed by atoms with Crippen LogP contribution in [0.1, 0.15) is 29.9 Å². The van der Waals surface area contributed by atoms with Gasteiger partial charge in [0.25, 0.3) is 0 Å². The van der Waals surface area contributed by atoms with E-state index in [-0.39, 0.29) is 23.5 Å². The third-order valence-electron chi connectivity index (χ3n) is 5.90. The van der Waals surface area contributed by atoms with E-state index in [0.29, 0.717) is 23.8 Å². The minimum Gasteiger partial charge on any atom is -0.457 e. The minimum absolute atomic E-state index is 0.0800. The average Bonchev–Trinajstić information content (AvgIpc) is 3.35. The van der Waals surface area contributed by atoms with Crippen molar-refractivity contribution in [3.63, 3.8) is 0 Å². The Labute approximate surface area is 192 Å². The van der Waals surface area contributed by atoms with Crippen molar-refractivity contribution in [2.45, 2.75) is 29.8 Å². The van der Waals surface area contributed by atoms with Gasteiger partial charge in [-0.3, -0.25) is 4.79 Å². The molecule has 0 aliphatic carbocycles. The first kappa shape index (κ1) is 21.6. The molecule has 7 nitrogen and oxygen atoms in total. The highest BCUT2D eigenvalue weighted by molar-refractivity contribution is 7.89. The van der Waals surface area contributed by atoms with Gasteiger partial charge in [-0.2, -0.15) is 0 Å². The van der Waals surface area contributed by atoms with Crippen molar-refractivity contribution in [2.24, 2.45) is 0 Å². The maximum absolute atomic E-state index is 13.3. The highest BCUT2D eigenvalue weighted by atomic mass is 32.2. The molecule has 1 atom stereocenters. The van der Waals surface area contributed by atoms with Crippen LogP contribution in [0.2, 0.25) is 0 Å². The topological polar surface area (TPSA) is 93.7 Å². The average molecular weight is 465 g/mol. The molecule has 170 valence electrons. The predicted octanol–water partition coefficient (Wildman–Crippen LogP) is 4.02. The highest BCUT2D eigenvalue weighted by Gasteiger charge is 2.32. The molecule has 1 saturated heterocycles. The lowest BCUT2D eigenvalue weighted by Crippen LogP contribution is -2.31. The quantitative estimate of drug-likeness (QED) is 0.575. The lowest BCUT2D eigenvalue weighted by Gasteiger charge is -2.27. The number of amides is 1. The lowest BCUT2D eigenvalue weighted by atomic mass is 9.87. The molecule has 8 heteroatoms. The van der Waals surface area contributed by atoms with Gasteiger partial charge in [0.05, 0.1) is 16.9 Å². The van der Waals surface area contributed by atoms with Crippen LogP contribution in [0.15, 0.2) is 77.7 Å². The van der Waals surface area contributed by atoms with E-state index in [1.54, 1.807) is 12.1 Å². The Kier molecular flexibility index (Phi) is 5.88. The Morgan fingerprint density at radius 3 is 2.15 bits per heavy atom. The van der Waals surface area contributed by atoms with Crippen LogP contribution in [0.25, 0.3) is 0 Å². The van der Waals surface area contributed by atoms with Gasteiger partial charge in [0.1, 0.15) is 11.5 Å². The summed E-state index contributed by atoms with van der Waals surface area (Å²) in [5, 5.41) is 2.92. The summed E-state index contributed by atoms with van der Waals surface area (Å²) in [6.07, 6.45) is 1.72. The first-order valence-electron chi connectivity index (χ1n) is 10.9. The van der Waals surface area contributed by atoms with Crippen molar-refractivity contribution in [3.8, 4) is 11.5 Å². The Morgan fingerprint density at radius 2 is 1.55 bits per heavy atom. The molecular formula is C25H24N2O5S. The fraction of sp³-hybridized carbons (Fsp3) is 0.240. The van der Waals surface area contributed by atoms with E-state index in [2.05, 4.69) is 10.0 Å². The Balaban J connectivity index is 1.33. The molecule has 0 spiro atoms. The summed E-state index contributed by atoms with van der Waals surface area (Å²) in [5.74, 6) is 0.540. The summed E-state index contributed by atoms with van der Waals surface area (Å²) < 4.78 is 39.2. The number of hydrogen-bond donors (Lipinski definition) is 2. The molecule has 0 aromatic heterocycles. The largest absolute Gasteiger partial charge is 0.457 e. The van der Waals surface area contributed by atoms with Crippen molar-refractivity contribution >= 4 is 21.6 Å². The van der Waals surface area contributed by atoms with Gasteiger partial charge < -0.3 is 14.8 Å². The molecule has 3 aromatic rings. The summed E-state index contributed by atoms with van der Waals surface area (Å²) >= 11 is 0. The second-order valence-corrected chi connectivity index (χ2v) is 9.88. The van der Waals surface area contributed by atoms with Crippen LogP contribution in [-0.2, 0) is 19.6 Å². The first-order valence-corrected chi connectivity index (χ1v) is 12.4. The molecule has 2 aliphatic rings. The SMILES string of the molecule is O=C(Nc1ccc(S(=O)(=O)NCC2CCCO2)cc1)C1c2ccccc2Oc2ccccc21. The van der Waals surface area contributed by atoms with Gasteiger partial charge in [0, 0.05) is 30.0 Å². The van der Waals surface area contributed by atoms with Crippen LogP contribution in [0, 0.1) is 0 Å². The number of carbonyl (C=O) groups is 1. The number of ether oxygens (including phenoxy) is 2. The van der Waals surface area contributed by atoms with Crippen LogP contribution in [0.4, 0.5) is 5.69 Å². The number of carbonyl (C=O) groups excluding carboxylic acids is 1. The fourth-order valence-corrected chi connectivity index (χ4v) is 5.28. The number of benzene rings is 3. The summed E-state index contributed by atoms with van der Waals surface area (Å²) in [7, 11) is -3.65. The molecule has 2 heterocycles. The molecule has 0 radical (unpaired) electrons. The molecule has 1 unspecified atom stereocenters. The third-order valence-corrected chi connectivity index (χ3v) is 7.34. The van der Waals surface area contributed by atoms with Crippen LogP contribution < -0.4 is 14.8 Å². The zero-order valence-electron chi connectivity index (χ0n) is 17.9. The van der Waals surface area contributed by atoms with Crippen molar-refractivity contribution < 1.29 is 22.7 Å². The van der Waals surface area contributed by atoms with Crippen molar-refractivity contribution in [1.29, 1.82) is 0 Å². The number of hydrogen-bond acceptors (Lipinski definition) is 5. The van der Waals surface area contributed by atoms with Crippen LogP contribution in [-0.4, -0.2) is 33.6 Å². The molecule has 1 amide bonds. The first-order chi connectivity index (χ1) is 16.0. The van der Waals surface area contributed by atoms with Gasteiger partial charge in [-0.15, -0.1) is 0 Å². The molecule has 3 aromatic carbocycles. The summed E-state index contributed by atoms with van der Waals surface area (Å²) in [6, 6.07) is 21.1. The minimum atomic E-state index is -3.65. The monoisotopic (exact) mass is 464 g/mol. The second kappa shape index (κ2) is 8.97. The molecule has 2 aliphatic heterocycles. The Hall–Kier alpha value is -3.20. The highest BCUT2D eigenvalue weighted by Crippen LogP contribution is 2.44. The molecule has 0 bridgehead atoms. The fourth-order valence-electron chi connectivity index (χ4n) is 4.22. The number of anilines is 1. The van der Waals surface area contributed by atoms with E-state index in [4.69, 9.17) is 9.47 Å². The zero-order chi connectivity index (χ0) is 22.8. The van der Waals surface area contributed by atoms with Crippen LogP contribution in [0.3, 0.4) is 0 Å². The van der Waals surface area contributed by atoms with E-state index < -0.39 is 15.9 Å². The standard InChI is InChI=1S/C25H24N2O5S/c28-25(24-20-7-1-3-9-22(20)32-23-10-4-2-8-21(23)24)27-17-11-13-19(14-12-17)33(29,30)26-16-18-6-5-15-31-18/h1-4,7-14,18,24,26H,5-6,15-16H2,(H,27,28). The normalized spacial score (nSPS) is 17.6. The number of fused-ring (bicyclic) bond motifs is 2. The van der Waals surface area contributed by atoms with Gasteiger partial charge in [-0.25, -0.2) is 13.1 Å². The number of para-hydroxylation sites is 2. The molecule has 0 saturated carbocycles. The van der Waals surface area contributed by atoms with Gasteiger partial charge >= 0.3 is 0 Å². The van der Waals surface area contributed by atoms with Gasteiger partial charge in [0.15, 0.2) is 0 Å². The lowest BCUT2D eigenvalue weighted by molar-refractivity contribution is -0.116. The third kappa shape index (κ3) is 4.50. The van der Waals surface area contributed by atoms with E-state index in [0.717, 1.165) is 24.0 Å². The van der Waals surface area contributed by atoms with Gasteiger partial charge in [-0.05, 0) is 49.2 Å². The van der Waals surface area contributed by atoms with Crippen molar-refractivity contribution in [3.05, 3.63) is 83.9 Å². The number of nitrogens with one attached hydrogen (secondary N) is 2. The Morgan fingerprint density at radius 1 is 0.909 bits per heavy atom. The van der Waals surface area contributed by atoms with E-state index in [1.807, 2.05) is 48.5 Å². The maximum Gasteiger partial charge on any atom is 0.240 e. The predicted molar refractivity (Wildman–Crippen MR) is 124 cm³/mol. The molecule has 2 N–H and O–H groups in total. The number of sulfonamides is 1. The Bertz CT molecular complexity index is 1220. The van der Waals surface area contributed by atoms with Gasteiger partial charge in [-0.1, -0.05) is 36.4 Å². The summed E-state index contributed by atoms with van der Waals surface area (Å²) in [4.78, 5) is 13.5. The van der Waals surface area contributed by atoms with Crippen molar-refractivity contribution in [1.82, 2.24) is 4.72 Å². The molecule has 33 heavy (non-hydrogen) atoms. The molecule has 1 fully saturated rings. The second-order valence-electron chi connectivity index (χ2n) is 8.11. The number of rotatable bonds is 6. The zero-order valence-corrected chi connectivity index (χ0v) is 18.7.